The molecule has 1 nitrogen and oxygen atoms in total. The minimum absolute atomic E-state index is 0.0729. The van der Waals surface area contributed by atoms with Crippen molar-refractivity contribution in [3.63, 3.8) is 0 Å². The Kier molecular flexibility index (Phi) is 2.60. The number of hydrogen-bond donors (Lipinski definition) is 1. The van der Waals surface area contributed by atoms with Gasteiger partial charge in [-0.3, -0.25) is 5.32 Å². The molecule has 1 fully saturated rings. The summed E-state index contributed by atoms with van der Waals surface area (Å²) in [6.07, 6.45) is -1.22. The molecule has 0 spiro atoms. The Morgan fingerprint density at radius 3 is 2.70 bits per heavy atom. The SMILES string of the molecule is CCC1CCNC(F)C1F. The van der Waals surface area contributed by atoms with Crippen LogP contribution in [0.4, 0.5) is 8.78 Å². The highest BCUT2D eigenvalue weighted by Gasteiger charge is 2.31. The standard InChI is InChI=1S/C7H13F2N/c1-2-5-3-4-10-7(9)6(5)8/h5-7,10H,2-4H2,1H3. The molecule has 0 radical (unpaired) electrons. The van der Waals surface area contributed by atoms with Gasteiger partial charge in [-0.2, -0.15) is 0 Å². The quantitative estimate of drug-likeness (QED) is 0.559. The van der Waals surface area contributed by atoms with Crippen LogP contribution in [0.25, 0.3) is 0 Å². The summed E-state index contributed by atoms with van der Waals surface area (Å²) in [4.78, 5) is 0. The van der Waals surface area contributed by atoms with Crippen molar-refractivity contribution < 1.29 is 8.78 Å². The predicted molar refractivity (Wildman–Crippen MR) is 36.2 cm³/mol. The lowest BCUT2D eigenvalue weighted by molar-refractivity contribution is 0.0511. The first-order valence-electron chi connectivity index (χ1n) is 3.77. The summed E-state index contributed by atoms with van der Waals surface area (Å²) in [6, 6.07) is 0. The molecule has 3 heteroatoms. The highest BCUT2D eigenvalue weighted by molar-refractivity contribution is 4.80. The van der Waals surface area contributed by atoms with Crippen LogP contribution in [0.2, 0.25) is 0 Å². The van der Waals surface area contributed by atoms with Crippen molar-refractivity contribution in [2.75, 3.05) is 6.54 Å². The highest BCUT2D eigenvalue weighted by Crippen LogP contribution is 2.23. The molecule has 1 aliphatic heterocycles. The molecule has 0 amide bonds. The van der Waals surface area contributed by atoms with E-state index in [4.69, 9.17) is 0 Å². The van der Waals surface area contributed by atoms with Crippen LogP contribution in [0.5, 0.6) is 0 Å². The van der Waals surface area contributed by atoms with Gasteiger partial charge in [0, 0.05) is 0 Å². The van der Waals surface area contributed by atoms with Crippen molar-refractivity contribution in [1.29, 1.82) is 0 Å². The third kappa shape index (κ3) is 1.45. The lowest BCUT2D eigenvalue weighted by Gasteiger charge is -2.28. The molecule has 0 aromatic rings. The molecule has 1 N–H and O–H groups in total. The highest BCUT2D eigenvalue weighted by atomic mass is 19.2. The number of nitrogens with one attached hydrogen (secondary N) is 1. The van der Waals surface area contributed by atoms with Gasteiger partial charge >= 0.3 is 0 Å². The monoisotopic (exact) mass is 149 g/mol. The Morgan fingerprint density at radius 1 is 1.50 bits per heavy atom. The van der Waals surface area contributed by atoms with Gasteiger partial charge in [-0.25, -0.2) is 8.78 Å². The summed E-state index contributed by atoms with van der Waals surface area (Å²) in [6.45, 7) is 2.51. The Labute approximate surface area is 59.8 Å². The summed E-state index contributed by atoms with van der Waals surface area (Å²) in [5, 5.41) is 2.45. The first-order chi connectivity index (χ1) is 4.75. The van der Waals surface area contributed by atoms with Gasteiger partial charge in [0.15, 0.2) is 6.30 Å². The Bertz CT molecular complexity index is 108. The molecule has 0 saturated carbocycles. The van der Waals surface area contributed by atoms with Crippen LogP contribution in [-0.2, 0) is 0 Å². The van der Waals surface area contributed by atoms with E-state index < -0.39 is 12.5 Å². The Balaban J connectivity index is 2.42. The molecule has 1 heterocycles. The van der Waals surface area contributed by atoms with Gasteiger partial charge < -0.3 is 0 Å². The first kappa shape index (κ1) is 7.92. The van der Waals surface area contributed by atoms with Crippen molar-refractivity contribution in [2.45, 2.75) is 32.2 Å². The van der Waals surface area contributed by atoms with E-state index >= 15 is 0 Å². The fourth-order valence-electron chi connectivity index (χ4n) is 1.35. The topological polar surface area (TPSA) is 12.0 Å². The molecular weight excluding hydrogens is 136 g/mol. The molecule has 0 aromatic heterocycles. The molecule has 3 atom stereocenters. The Hall–Kier alpha value is -0.180. The van der Waals surface area contributed by atoms with Crippen molar-refractivity contribution in [1.82, 2.24) is 5.32 Å². The number of piperidine rings is 1. The molecule has 1 rings (SSSR count). The largest absolute Gasteiger partial charge is 0.285 e. The summed E-state index contributed by atoms with van der Waals surface area (Å²) in [5.74, 6) is -0.0729. The zero-order valence-corrected chi connectivity index (χ0v) is 6.11. The lowest BCUT2D eigenvalue weighted by atomic mass is 9.93. The van der Waals surface area contributed by atoms with E-state index in [2.05, 4.69) is 5.32 Å². The maximum absolute atomic E-state index is 12.8. The van der Waals surface area contributed by atoms with Crippen LogP contribution in [0.3, 0.4) is 0 Å². The molecule has 0 bridgehead atoms. The average molecular weight is 149 g/mol. The maximum Gasteiger partial charge on any atom is 0.182 e. The predicted octanol–water partition coefficient (Wildman–Crippen LogP) is 1.64. The zero-order chi connectivity index (χ0) is 7.56. The second-order valence-electron chi connectivity index (χ2n) is 2.76. The molecular formula is C7H13F2N. The molecule has 3 unspecified atom stereocenters. The minimum Gasteiger partial charge on any atom is -0.285 e. The van der Waals surface area contributed by atoms with Crippen LogP contribution < -0.4 is 5.32 Å². The van der Waals surface area contributed by atoms with Crippen molar-refractivity contribution in [3.05, 3.63) is 0 Å². The van der Waals surface area contributed by atoms with Gasteiger partial charge in [-0.15, -0.1) is 0 Å². The van der Waals surface area contributed by atoms with E-state index in [9.17, 15) is 8.78 Å². The van der Waals surface area contributed by atoms with Crippen molar-refractivity contribution >= 4 is 0 Å². The second-order valence-corrected chi connectivity index (χ2v) is 2.76. The third-order valence-electron chi connectivity index (χ3n) is 2.11. The van der Waals surface area contributed by atoms with Gasteiger partial charge in [0.05, 0.1) is 0 Å². The smallest absolute Gasteiger partial charge is 0.182 e. The van der Waals surface area contributed by atoms with Gasteiger partial charge in [0.1, 0.15) is 6.17 Å². The first-order valence-corrected chi connectivity index (χ1v) is 3.77. The molecule has 1 saturated heterocycles. The zero-order valence-electron chi connectivity index (χ0n) is 6.11. The molecule has 10 heavy (non-hydrogen) atoms. The maximum atomic E-state index is 12.8. The number of halogens is 2. The normalized spacial score (nSPS) is 41.7. The average Bonchev–Trinajstić information content (AvgIpc) is 1.95. The van der Waals surface area contributed by atoms with Crippen LogP contribution >= 0.6 is 0 Å². The number of alkyl halides is 2. The molecule has 0 aromatic carbocycles. The van der Waals surface area contributed by atoms with Crippen molar-refractivity contribution in [2.24, 2.45) is 5.92 Å². The van der Waals surface area contributed by atoms with Crippen LogP contribution in [-0.4, -0.2) is 19.0 Å². The molecule has 0 aliphatic carbocycles. The fourth-order valence-corrected chi connectivity index (χ4v) is 1.35. The lowest BCUT2D eigenvalue weighted by Crippen LogP contribution is -2.44. The second kappa shape index (κ2) is 3.28. The van der Waals surface area contributed by atoms with Crippen LogP contribution in [0.15, 0.2) is 0 Å². The Morgan fingerprint density at radius 2 is 2.20 bits per heavy atom. The summed E-state index contributed by atoms with van der Waals surface area (Å²) < 4.78 is 25.3. The van der Waals surface area contributed by atoms with E-state index in [1.807, 2.05) is 6.92 Å². The molecule has 60 valence electrons. The minimum atomic E-state index is -1.43. The number of rotatable bonds is 1. The van der Waals surface area contributed by atoms with E-state index in [1.165, 1.54) is 0 Å². The van der Waals surface area contributed by atoms with Gasteiger partial charge in [-0.1, -0.05) is 13.3 Å². The molecule has 1 aliphatic rings. The van der Waals surface area contributed by atoms with E-state index in [0.717, 1.165) is 12.8 Å². The summed E-state index contributed by atoms with van der Waals surface area (Å²) >= 11 is 0. The van der Waals surface area contributed by atoms with E-state index in [1.54, 1.807) is 0 Å². The number of hydrogen-bond acceptors (Lipinski definition) is 1. The van der Waals surface area contributed by atoms with Gasteiger partial charge in [0.2, 0.25) is 0 Å². The summed E-state index contributed by atoms with van der Waals surface area (Å²) in [7, 11) is 0. The van der Waals surface area contributed by atoms with E-state index in [-0.39, 0.29) is 5.92 Å². The van der Waals surface area contributed by atoms with Gasteiger partial charge in [0.25, 0.3) is 0 Å². The van der Waals surface area contributed by atoms with Crippen LogP contribution in [0, 0.1) is 5.92 Å². The van der Waals surface area contributed by atoms with Crippen LogP contribution in [0.1, 0.15) is 19.8 Å². The fraction of sp³-hybridized carbons (Fsp3) is 1.00. The van der Waals surface area contributed by atoms with E-state index in [0.29, 0.717) is 6.54 Å². The van der Waals surface area contributed by atoms with Crippen molar-refractivity contribution in [3.8, 4) is 0 Å². The third-order valence-corrected chi connectivity index (χ3v) is 2.11. The van der Waals surface area contributed by atoms with Gasteiger partial charge in [-0.05, 0) is 18.9 Å². The summed E-state index contributed by atoms with van der Waals surface area (Å²) in [5.41, 5.74) is 0.